The molecule has 5 heteroatoms. The van der Waals surface area contributed by atoms with Crippen LogP contribution in [0.2, 0.25) is 0 Å². The van der Waals surface area contributed by atoms with Crippen molar-refractivity contribution in [2.75, 3.05) is 19.8 Å². The summed E-state index contributed by atoms with van der Waals surface area (Å²) in [6, 6.07) is 6.67. The number of hydrogen-bond donors (Lipinski definition) is 2. The molecular weight excluding hydrogens is 231 g/mol. The molecule has 0 bridgehead atoms. The van der Waals surface area contributed by atoms with Gasteiger partial charge in [0.2, 0.25) is 0 Å². The second-order valence-electron chi connectivity index (χ2n) is 4.59. The molecule has 0 aliphatic heterocycles. The molecule has 1 aromatic carbocycles. The van der Waals surface area contributed by atoms with Crippen LogP contribution in [0.15, 0.2) is 24.3 Å². The lowest BCUT2D eigenvalue weighted by atomic mass is 9.80. The van der Waals surface area contributed by atoms with Crippen molar-refractivity contribution < 1.29 is 19.5 Å². The minimum Gasteiger partial charge on any atom is -0.491 e. The molecule has 0 atom stereocenters. The monoisotopic (exact) mass is 252 g/mol. The average molecular weight is 252 g/mol. The fourth-order valence-electron chi connectivity index (χ4n) is 1.38. The van der Waals surface area contributed by atoms with E-state index in [1.54, 1.807) is 24.3 Å². The van der Waals surface area contributed by atoms with Gasteiger partial charge in [0.15, 0.2) is 0 Å². The summed E-state index contributed by atoms with van der Waals surface area (Å²) in [5.74, 6) is 1.36. The lowest BCUT2D eigenvalue weighted by Crippen LogP contribution is -2.29. The fraction of sp³-hybridized carbons (Fsp3) is 0.538. The molecule has 0 fully saturated rings. The normalized spacial score (nSPS) is 10.7. The summed E-state index contributed by atoms with van der Waals surface area (Å²) in [5, 5.41) is 17.9. The first-order chi connectivity index (χ1) is 8.59. The number of benzene rings is 1. The largest absolute Gasteiger partial charge is 0.491 e. The number of hydrogen-bond acceptors (Lipinski definition) is 4. The van der Waals surface area contributed by atoms with Crippen LogP contribution in [0.4, 0.5) is 0 Å². The summed E-state index contributed by atoms with van der Waals surface area (Å²) in [7, 11) is -1.43. The Balaban J connectivity index is 2.15. The molecule has 1 aromatic rings. The van der Waals surface area contributed by atoms with Gasteiger partial charge in [-0.05, 0) is 29.9 Å². The van der Waals surface area contributed by atoms with E-state index < -0.39 is 7.12 Å². The highest BCUT2D eigenvalue weighted by Crippen LogP contribution is 2.07. The lowest BCUT2D eigenvalue weighted by Gasteiger charge is -2.08. The van der Waals surface area contributed by atoms with Gasteiger partial charge in [-0.2, -0.15) is 0 Å². The van der Waals surface area contributed by atoms with Gasteiger partial charge < -0.3 is 19.5 Å². The Kier molecular flexibility index (Phi) is 6.79. The fourth-order valence-corrected chi connectivity index (χ4v) is 1.38. The van der Waals surface area contributed by atoms with Crippen molar-refractivity contribution in [3.63, 3.8) is 0 Å². The highest BCUT2D eigenvalue weighted by Gasteiger charge is 2.09. The van der Waals surface area contributed by atoms with Crippen LogP contribution < -0.4 is 10.2 Å². The van der Waals surface area contributed by atoms with Gasteiger partial charge in [0.05, 0.1) is 6.61 Å². The van der Waals surface area contributed by atoms with Crippen molar-refractivity contribution in [3.05, 3.63) is 24.3 Å². The van der Waals surface area contributed by atoms with Crippen molar-refractivity contribution in [2.24, 2.45) is 5.92 Å². The van der Waals surface area contributed by atoms with Crippen LogP contribution in [-0.4, -0.2) is 37.0 Å². The first-order valence-corrected chi connectivity index (χ1v) is 6.26. The van der Waals surface area contributed by atoms with Gasteiger partial charge in [0, 0.05) is 6.61 Å². The summed E-state index contributed by atoms with van der Waals surface area (Å²) < 4.78 is 10.9. The summed E-state index contributed by atoms with van der Waals surface area (Å²) >= 11 is 0. The smallest absolute Gasteiger partial charge is 0.488 e. The summed E-state index contributed by atoms with van der Waals surface area (Å²) in [5.41, 5.74) is 0.454. The van der Waals surface area contributed by atoms with E-state index in [1.807, 2.05) is 0 Å². The molecule has 4 nitrogen and oxygen atoms in total. The predicted octanol–water partition coefficient (Wildman–Crippen LogP) is 0.808. The van der Waals surface area contributed by atoms with Crippen molar-refractivity contribution in [1.82, 2.24) is 0 Å². The molecule has 0 aliphatic rings. The van der Waals surface area contributed by atoms with Gasteiger partial charge >= 0.3 is 7.12 Å². The van der Waals surface area contributed by atoms with E-state index in [1.165, 1.54) is 0 Å². The Morgan fingerprint density at radius 3 is 2.28 bits per heavy atom. The van der Waals surface area contributed by atoms with Crippen molar-refractivity contribution >= 4 is 12.6 Å². The minimum atomic E-state index is -1.43. The second-order valence-corrected chi connectivity index (χ2v) is 4.59. The topological polar surface area (TPSA) is 58.9 Å². The van der Waals surface area contributed by atoms with E-state index in [2.05, 4.69) is 13.8 Å². The molecule has 2 N–H and O–H groups in total. The maximum absolute atomic E-state index is 8.93. The number of rotatable bonds is 8. The third-order valence-corrected chi connectivity index (χ3v) is 2.51. The molecular formula is C13H21BO4. The molecule has 0 heterocycles. The average Bonchev–Trinajstić information content (AvgIpc) is 2.34. The molecule has 0 aromatic heterocycles. The van der Waals surface area contributed by atoms with Crippen LogP contribution in [0, 0.1) is 5.92 Å². The highest BCUT2D eigenvalue weighted by molar-refractivity contribution is 6.58. The van der Waals surface area contributed by atoms with Crippen molar-refractivity contribution in [3.8, 4) is 5.75 Å². The zero-order chi connectivity index (χ0) is 13.4. The van der Waals surface area contributed by atoms with Gasteiger partial charge in [0.25, 0.3) is 0 Å². The molecule has 18 heavy (non-hydrogen) atoms. The van der Waals surface area contributed by atoms with E-state index in [0.29, 0.717) is 30.3 Å². The Morgan fingerprint density at radius 2 is 1.72 bits per heavy atom. The Hall–Kier alpha value is -1.04. The van der Waals surface area contributed by atoms with Crippen LogP contribution in [0.25, 0.3) is 0 Å². The molecule has 0 amide bonds. The van der Waals surface area contributed by atoms with E-state index in [4.69, 9.17) is 19.5 Å². The van der Waals surface area contributed by atoms with Crippen LogP contribution >= 0.6 is 0 Å². The van der Waals surface area contributed by atoms with Crippen LogP contribution in [-0.2, 0) is 4.74 Å². The van der Waals surface area contributed by atoms with Crippen molar-refractivity contribution in [2.45, 2.75) is 20.3 Å². The molecule has 100 valence electrons. The Bertz CT molecular complexity index is 324. The molecule has 0 radical (unpaired) electrons. The van der Waals surface area contributed by atoms with Crippen LogP contribution in [0.3, 0.4) is 0 Å². The van der Waals surface area contributed by atoms with Gasteiger partial charge in [-0.3, -0.25) is 0 Å². The molecule has 0 spiro atoms. The molecule has 0 saturated carbocycles. The summed E-state index contributed by atoms with van der Waals surface area (Å²) in [6.07, 6.45) is 1.06. The maximum Gasteiger partial charge on any atom is 0.488 e. The minimum absolute atomic E-state index is 0.454. The van der Waals surface area contributed by atoms with Gasteiger partial charge in [0.1, 0.15) is 12.4 Å². The van der Waals surface area contributed by atoms with Crippen molar-refractivity contribution in [1.29, 1.82) is 0 Å². The second kappa shape index (κ2) is 8.13. The molecule has 0 saturated heterocycles. The van der Waals surface area contributed by atoms with E-state index in [-0.39, 0.29) is 0 Å². The van der Waals surface area contributed by atoms with Crippen LogP contribution in [0.5, 0.6) is 5.75 Å². The third kappa shape index (κ3) is 6.05. The molecule has 1 rings (SSSR count). The van der Waals surface area contributed by atoms with Crippen LogP contribution in [0.1, 0.15) is 20.3 Å². The van der Waals surface area contributed by atoms with Gasteiger partial charge in [-0.15, -0.1) is 0 Å². The molecule has 0 unspecified atom stereocenters. The summed E-state index contributed by atoms with van der Waals surface area (Å²) in [4.78, 5) is 0. The Morgan fingerprint density at radius 1 is 1.06 bits per heavy atom. The molecule has 0 aliphatic carbocycles. The quantitative estimate of drug-likeness (QED) is 0.531. The van der Waals surface area contributed by atoms with E-state index in [9.17, 15) is 0 Å². The standard InChI is InChI=1S/C13H21BO4/c1-11(2)7-8-17-9-10-18-13-5-3-12(4-6-13)14(15)16/h3-6,11,15-16H,7-10H2,1-2H3. The van der Waals surface area contributed by atoms with E-state index in [0.717, 1.165) is 13.0 Å². The third-order valence-electron chi connectivity index (χ3n) is 2.51. The lowest BCUT2D eigenvalue weighted by molar-refractivity contribution is 0.0926. The number of ether oxygens (including phenoxy) is 2. The highest BCUT2D eigenvalue weighted by atomic mass is 16.5. The Labute approximate surface area is 109 Å². The first kappa shape index (κ1) is 15.0. The van der Waals surface area contributed by atoms with E-state index >= 15 is 0 Å². The van der Waals surface area contributed by atoms with Gasteiger partial charge in [-0.1, -0.05) is 26.0 Å². The summed E-state index contributed by atoms with van der Waals surface area (Å²) in [6.45, 7) is 6.15. The zero-order valence-corrected chi connectivity index (χ0v) is 11.0. The zero-order valence-electron chi connectivity index (χ0n) is 11.0. The maximum atomic E-state index is 8.93. The van der Waals surface area contributed by atoms with Gasteiger partial charge in [-0.25, -0.2) is 0 Å². The first-order valence-electron chi connectivity index (χ1n) is 6.26. The predicted molar refractivity (Wildman–Crippen MR) is 72.0 cm³/mol. The SMILES string of the molecule is CC(C)CCOCCOc1ccc(B(O)O)cc1.